The number of rotatable bonds is 6. The number of aryl methyl sites for hydroxylation is 1. The molecule has 3 aromatic rings. The topological polar surface area (TPSA) is 87.7 Å². The summed E-state index contributed by atoms with van der Waals surface area (Å²) in [4.78, 5) is 38.7. The van der Waals surface area contributed by atoms with Crippen LogP contribution in [0.5, 0.6) is 5.75 Å². The lowest BCUT2D eigenvalue weighted by atomic mass is 9.92. The van der Waals surface area contributed by atoms with Gasteiger partial charge in [0.05, 0.1) is 11.6 Å². The molecule has 1 aliphatic heterocycles. The van der Waals surface area contributed by atoms with Crippen LogP contribution in [0.1, 0.15) is 30.9 Å². The summed E-state index contributed by atoms with van der Waals surface area (Å²) in [6.45, 7) is 5.05. The summed E-state index contributed by atoms with van der Waals surface area (Å²) < 4.78 is 5.55. The van der Waals surface area contributed by atoms with Crippen LogP contribution in [0.15, 0.2) is 72.8 Å². The third kappa shape index (κ3) is 4.64. The third-order valence-electron chi connectivity index (χ3n) is 5.90. The molecule has 2 N–H and O–H groups in total. The van der Waals surface area contributed by atoms with E-state index in [1.165, 1.54) is 5.01 Å². The molecule has 1 heterocycles. The molecule has 0 aliphatic carbocycles. The first-order valence-corrected chi connectivity index (χ1v) is 11.2. The van der Waals surface area contributed by atoms with Crippen LogP contribution in [0, 0.1) is 6.92 Å². The Morgan fingerprint density at radius 1 is 0.971 bits per heavy atom. The van der Waals surface area contributed by atoms with Gasteiger partial charge in [-0.05, 0) is 49.6 Å². The van der Waals surface area contributed by atoms with Gasteiger partial charge in [0.25, 0.3) is 17.7 Å². The Hall–Kier alpha value is -4.13. The lowest BCUT2D eigenvalue weighted by Crippen LogP contribution is -2.54. The van der Waals surface area contributed by atoms with E-state index in [2.05, 4.69) is 10.7 Å². The number of hydrogen-bond acceptors (Lipinski definition) is 4. The molecule has 3 amide bonds. The number of amides is 3. The Kier molecular flexibility index (Phi) is 6.63. The Bertz CT molecular complexity index is 1240. The fourth-order valence-electron chi connectivity index (χ4n) is 3.99. The van der Waals surface area contributed by atoms with Gasteiger partial charge in [0, 0.05) is 5.56 Å². The van der Waals surface area contributed by atoms with E-state index in [1.807, 2.05) is 74.5 Å². The number of carbonyl (C=O) groups is 3. The summed E-state index contributed by atoms with van der Waals surface area (Å²) in [6, 6.07) is 21.7. The van der Waals surface area contributed by atoms with Gasteiger partial charge in [-0.1, -0.05) is 60.7 Å². The van der Waals surface area contributed by atoms with Crippen LogP contribution in [0.3, 0.4) is 0 Å². The highest BCUT2D eigenvalue weighted by Crippen LogP contribution is 2.39. The second-order valence-corrected chi connectivity index (χ2v) is 8.32. The van der Waals surface area contributed by atoms with E-state index in [0.29, 0.717) is 11.4 Å². The largest absolute Gasteiger partial charge is 0.484 e. The van der Waals surface area contributed by atoms with E-state index in [4.69, 9.17) is 4.74 Å². The van der Waals surface area contributed by atoms with E-state index in [1.54, 1.807) is 19.1 Å². The van der Waals surface area contributed by atoms with Gasteiger partial charge in [-0.3, -0.25) is 19.8 Å². The number of hydrogen-bond donors (Lipinski definition) is 2. The van der Waals surface area contributed by atoms with E-state index in [0.717, 1.165) is 22.3 Å². The summed E-state index contributed by atoms with van der Waals surface area (Å²) in [7, 11) is 0. The van der Waals surface area contributed by atoms with Gasteiger partial charge in [-0.2, -0.15) is 0 Å². The van der Waals surface area contributed by atoms with Crippen molar-refractivity contribution in [3.05, 3.63) is 83.9 Å². The van der Waals surface area contributed by atoms with E-state index < -0.39 is 23.8 Å². The van der Waals surface area contributed by atoms with E-state index in [-0.39, 0.29) is 12.5 Å². The van der Waals surface area contributed by atoms with Crippen LogP contribution in [0.4, 0.5) is 5.69 Å². The summed E-state index contributed by atoms with van der Waals surface area (Å²) in [5.74, 6) is -1.06. The maximum atomic E-state index is 13.3. The second-order valence-electron chi connectivity index (χ2n) is 8.32. The van der Waals surface area contributed by atoms with Crippen molar-refractivity contribution in [2.75, 3.05) is 11.6 Å². The molecule has 0 radical (unpaired) electrons. The molecule has 0 spiro atoms. The number of para-hydroxylation sites is 2. The first-order valence-electron chi connectivity index (χ1n) is 11.2. The first kappa shape index (κ1) is 23.0. The van der Waals surface area contributed by atoms with Gasteiger partial charge in [-0.15, -0.1) is 0 Å². The van der Waals surface area contributed by atoms with Gasteiger partial charge in [0.15, 0.2) is 6.61 Å². The molecule has 0 aromatic heterocycles. The Morgan fingerprint density at radius 3 is 2.38 bits per heavy atom. The molecule has 1 unspecified atom stereocenters. The predicted octanol–water partition coefficient (Wildman–Crippen LogP) is 3.73. The molecule has 34 heavy (non-hydrogen) atoms. The number of fused-ring (bicyclic) bond motifs is 3. The molecular weight excluding hydrogens is 430 g/mol. The zero-order valence-electron chi connectivity index (χ0n) is 19.4. The molecule has 0 saturated carbocycles. The molecule has 2 atom stereocenters. The standard InChI is InChI=1S/C27H27N3O4/c1-17-10-4-9-15-24(17)34-16-25(31)28-19(3)26(32)29-30-23-14-8-7-13-22(23)21-12-6-5-11-20(21)18(2)27(30)33/h4-15,18-19H,16H2,1-3H3,(H,28,31)(H,29,32)/t18?,19-/m0/s1. The minimum Gasteiger partial charge on any atom is -0.484 e. The molecule has 0 bridgehead atoms. The van der Waals surface area contributed by atoms with Crippen LogP contribution in [0.25, 0.3) is 11.1 Å². The molecule has 3 aromatic carbocycles. The number of anilines is 1. The summed E-state index contributed by atoms with van der Waals surface area (Å²) in [5, 5.41) is 3.91. The fraction of sp³-hybridized carbons (Fsp3) is 0.222. The van der Waals surface area contributed by atoms with Crippen LogP contribution < -0.4 is 20.5 Å². The number of nitrogens with one attached hydrogen (secondary N) is 2. The molecule has 1 aliphatic rings. The van der Waals surface area contributed by atoms with Gasteiger partial charge in [0.2, 0.25) is 0 Å². The highest BCUT2D eigenvalue weighted by Gasteiger charge is 2.33. The highest BCUT2D eigenvalue weighted by atomic mass is 16.5. The van der Waals surface area contributed by atoms with Crippen LogP contribution in [0.2, 0.25) is 0 Å². The van der Waals surface area contributed by atoms with E-state index >= 15 is 0 Å². The average molecular weight is 458 g/mol. The minimum atomic E-state index is -0.881. The third-order valence-corrected chi connectivity index (χ3v) is 5.90. The van der Waals surface area contributed by atoms with Crippen LogP contribution in [-0.4, -0.2) is 30.4 Å². The van der Waals surface area contributed by atoms with Crippen LogP contribution in [-0.2, 0) is 14.4 Å². The second kappa shape index (κ2) is 9.79. The normalized spacial score (nSPS) is 15.4. The van der Waals surface area contributed by atoms with Gasteiger partial charge < -0.3 is 10.1 Å². The fourth-order valence-corrected chi connectivity index (χ4v) is 3.99. The molecule has 174 valence electrons. The zero-order valence-corrected chi connectivity index (χ0v) is 19.4. The summed E-state index contributed by atoms with van der Waals surface area (Å²) in [5.41, 5.74) is 6.89. The van der Waals surface area contributed by atoms with Crippen molar-refractivity contribution in [2.45, 2.75) is 32.7 Å². The SMILES string of the molecule is Cc1ccccc1OCC(=O)N[C@@H](C)C(=O)NN1C(=O)C(C)c2ccccc2-c2ccccc21. The van der Waals surface area contributed by atoms with Crippen molar-refractivity contribution < 1.29 is 19.1 Å². The Balaban J connectivity index is 1.47. The average Bonchev–Trinajstić information content (AvgIpc) is 2.93. The van der Waals surface area contributed by atoms with Crippen molar-refractivity contribution in [3.8, 4) is 16.9 Å². The Labute approximate surface area is 198 Å². The van der Waals surface area contributed by atoms with Crippen LogP contribution >= 0.6 is 0 Å². The first-order chi connectivity index (χ1) is 16.4. The van der Waals surface area contributed by atoms with Crippen molar-refractivity contribution >= 4 is 23.4 Å². The predicted molar refractivity (Wildman–Crippen MR) is 130 cm³/mol. The molecule has 7 nitrogen and oxygen atoms in total. The molecule has 4 rings (SSSR count). The summed E-state index contributed by atoms with van der Waals surface area (Å²) >= 11 is 0. The maximum Gasteiger partial charge on any atom is 0.261 e. The number of ether oxygens (including phenoxy) is 1. The van der Waals surface area contributed by atoms with Gasteiger partial charge in [0.1, 0.15) is 11.8 Å². The smallest absolute Gasteiger partial charge is 0.261 e. The summed E-state index contributed by atoms with van der Waals surface area (Å²) in [6.07, 6.45) is 0. The zero-order chi connectivity index (χ0) is 24.2. The highest BCUT2D eigenvalue weighted by molar-refractivity contribution is 6.06. The molecule has 7 heteroatoms. The lowest BCUT2D eigenvalue weighted by molar-refractivity contribution is -0.131. The molecular formula is C27H27N3O4. The maximum absolute atomic E-state index is 13.3. The van der Waals surface area contributed by atoms with Crippen molar-refractivity contribution in [3.63, 3.8) is 0 Å². The number of hydrazine groups is 1. The van der Waals surface area contributed by atoms with E-state index in [9.17, 15) is 14.4 Å². The molecule has 0 fully saturated rings. The quantitative estimate of drug-likeness (QED) is 0.591. The molecule has 0 saturated heterocycles. The van der Waals surface area contributed by atoms with Gasteiger partial charge >= 0.3 is 0 Å². The number of carbonyl (C=O) groups excluding carboxylic acids is 3. The lowest BCUT2D eigenvalue weighted by Gasteiger charge is -2.27. The van der Waals surface area contributed by atoms with Crippen molar-refractivity contribution in [1.29, 1.82) is 0 Å². The number of nitrogens with zero attached hydrogens (tertiary/aromatic N) is 1. The van der Waals surface area contributed by atoms with Gasteiger partial charge in [-0.25, -0.2) is 5.01 Å². The van der Waals surface area contributed by atoms with Crippen molar-refractivity contribution in [2.24, 2.45) is 0 Å². The Morgan fingerprint density at radius 2 is 1.62 bits per heavy atom. The number of benzene rings is 3. The van der Waals surface area contributed by atoms with Crippen molar-refractivity contribution in [1.82, 2.24) is 10.7 Å². The minimum absolute atomic E-state index is 0.222. The monoisotopic (exact) mass is 457 g/mol.